The predicted molar refractivity (Wildman–Crippen MR) is 100 cm³/mol. The molecule has 1 fully saturated rings. The van der Waals surface area contributed by atoms with Gasteiger partial charge in [0.05, 0.1) is 11.2 Å². The van der Waals surface area contributed by atoms with E-state index < -0.39 is 0 Å². The van der Waals surface area contributed by atoms with Crippen molar-refractivity contribution < 1.29 is 0 Å². The first-order valence-corrected chi connectivity index (χ1v) is 8.79. The van der Waals surface area contributed by atoms with Gasteiger partial charge in [-0.05, 0) is 37.8 Å². The minimum absolute atomic E-state index is 0.804. The second kappa shape index (κ2) is 6.23. The van der Waals surface area contributed by atoms with Crippen molar-refractivity contribution in [1.29, 1.82) is 0 Å². The van der Waals surface area contributed by atoms with Crippen molar-refractivity contribution in [2.24, 2.45) is 5.92 Å². The van der Waals surface area contributed by atoms with Gasteiger partial charge >= 0.3 is 0 Å². The number of hydrogen-bond acceptors (Lipinski definition) is 3. The topological polar surface area (TPSA) is 29.0 Å². The molecule has 1 aromatic heterocycles. The van der Waals surface area contributed by atoms with E-state index in [-0.39, 0.29) is 0 Å². The number of fused-ring (bicyclic) bond motifs is 1. The molecule has 0 N–H and O–H groups in total. The van der Waals surface area contributed by atoms with Crippen molar-refractivity contribution in [2.45, 2.75) is 26.7 Å². The van der Waals surface area contributed by atoms with E-state index in [4.69, 9.17) is 9.97 Å². The third-order valence-corrected chi connectivity index (χ3v) is 4.95. The van der Waals surface area contributed by atoms with E-state index in [1.807, 2.05) is 6.07 Å². The van der Waals surface area contributed by atoms with E-state index >= 15 is 0 Å². The summed E-state index contributed by atoms with van der Waals surface area (Å²) in [6.07, 6.45) is 2.44. The van der Waals surface area contributed by atoms with E-state index in [1.54, 1.807) is 0 Å². The van der Waals surface area contributed by atoms with Crippen LogP contribution in [0.15, 0.2) is 48.5 Å². The van der Waals surface area contributed by atoms with Gasteiger partial charge in [0.2, 0.25) is 5.95 Å². The first kappa shape index (κ1) is 15.1. The van der Waals surface area contributed by atoms with Gasteiger partial charge in [-0.15, -0.1) is 0 Å². The van der Waals surface area contributed by atoms with Gasteiger partial charge in [0.1, 0.15) is 0 Å². The molecule has 0 radical (unpaired) electrons. The van der Waals surface area contributed by atoms with Crippen LogP contribution in [0.3, 0.4) is 0 Å². The Morgan fingerprint density at radius 2 is 1.71 bits per heavy atom. The Labute approximate surface area is 143 Å². The molecule has 1 aliphatic heterocycles. The van der Waals surface area contributed by atoms with Crippen LogP contribution in [0.1, 0.15) is 25.3 Å². The molecular formula is C21H23N3. The molecule has 2 aromatic carbocycles. The number of aromatic nitrogens is 2. The van der Waals surface area contributed by atoms with Crippen LogP contribution in [0.5, 0.6) is 0 Å². The van der Waals surface area contributed by atoms with E-state index in [1.165, 1.54) is 18.4 Å². The highest BCUT2D eigenvalue weighted by Gasteiger charge is 2.20. The lowest BCUT2D eigenvalue weighted by molar-refractivity contribution is 0.435. The molecule has 1 saturated heterocycles. The summed E-state index contributed by atoms with van der Waals surface area (Å²) in [5.41, 5.74) is 4.46. The lowest BCUT2D eigenvalue weighted by atomic mass is 9.99. The molecule has 2 heterocycles. The Morgan fingerprint density at radius 3 is 2.46 bits per heavy atom. The van der Waals surface area contributed by atoms with E-state index in [2.05, 4.69) is 61.2 Å². The monoisotopic (exact) mass is 317 g/mol. The van der Waals surface area contributed by atoms with Crippen LogP contribution >= 0.6 is 0 Å². The highest BCUT2D eigenvalue weighted by atomic mass is 15.3. The zero-order valence-electron chi connectivity index (χ0n) is 14.4. The molecule has 0 saturated carbocycles. The largest absolute Gasteiger partial charge is 0.341 e. The second-order valence-corrected chi connectivity index (χ2v) is 6.93. The molecule has 122 valence electrons. The Hall–Kier alpha value is -2.42. The number of hydrogen-bond donors (Lipinski definition) is 0. The zero-order chi connectivity index (χ0) is 16.5. The number of piperidine rings is 1. The van der Waals surface area contributed by atoms with Gasteiger partial charge in [0, 0.05) is 24.0 Å². The van der Waals surface area contributed by atoms with Crippen LogP contribution in [-0.4, -0.2) is 23.1 Å². The average Bonchev–Trinajstić information content (AvgIpc) is 2.62. The summed E-state index contributed by atoms with van der Waals surface area (Å²) in [7, 11) is 0. The van der Waals surface area contributed by atoms with Gasteiger partial charge in [0.25, 0.3) is 0 Å². The Bertz CT molecular complexity index is 850. The maximum atomic E-state index is 4.98. The van der Waals surface area contributed by atoms with Gasteiger partial charge in [0.15, 0.2) is 0 Å². The fourth-order valence-corrected chi connectivity index (χ4v) is 3.40. The average molecular weight is 317 g/mol. The molecule has 0 amide bonds. The number of rotatable bonds is 2. The van der Waals surface area contributed by atoms with Crippen molar-refractivity contribution in [3.63, 3.8) is 0 Å². The van der Waals surface area contributed by atoms with Gasteiger partial charge in [-0.1, -0.05) is 48.9 Å². The van der Waals surface area contributed by atoms with Crippen molar-refractivity contribution in [2.75, 3.05) is 18.0 Å². The number of nitrogens with zero attached hydrogens (tertiary/aromatic N) is 3. The van der Waals surface area contributed by atoms with Gasteiger partial charge in [-0.25, -0.2) is 9.97 Å². The minimum Gasteiger partial charge on any atom is -0.341 e. The second-order valence-electron chi connectivity index (χ2n) is 6.93. The van der Waals surface area contributed by atoms with Crippen LogP contribution in [0.2, 0.25) is 0 Å². The van der Waals surface area contributed by atoms with Gasteiger partial charge < -0.3 is 4.90 Å². The molecule has 0 aliphatic carbocycles. The molecule has 3 aromatic rings. The molecule has 1 aliphatic rings. The summed E-state index contributed by atoms with van der Waals surface area (Å²) in [5, 5.41) is 1.13. The third-order valence-electron chi connectivity index (χ3n) is 4.95. The van der Waals surface area contributed by atoms with Gasteiger partial charge in [-0.3, -0.25) is 0 Å². The molecule has 4 rings (SSSR count). The highest BCUT2D eigenvalue weighted by molar-refractivity contribution is 5.93. The summed E-state index contributed by atoms with van der Waals surface area (Å²) in [6.45, 7) is 6.55. The SMILES string of the molecule is Cc1ccc2nc(N3CCC(C)CC3)nc(-c3ccccc3)c2c1. The molecule has 0 atom stereocenters. The molecule has 0 unspecified atom stereocenters. The van der Waals surface area contributed by atoms with Crippen LogP contribution in [0.4, 0.5) is 5.95 Å². The van der Waals surface area contributed by atoms with Crippen LogP contribution in [-0.2, 0) is 0 Å². The molecule has 3 heteroatoms. The predicted octanol–water partition coefficient (Wildman–Crippen LogP) is 4.84. The number of aryl methyl sites for hydroxylation is 1. The maximum Gasteiger partial charge on any atom is 0.226 e. The lowest BCUT2D eigenvalue weighted by Gasteiger charge is -2.30. The van der Waals surface area contributed by atoms with Crippen LogP contribution < -0.4 is 4.90 Å². The van der Waals surface area contributed by atoms with Crippen molar-refractivity contribution >= 4 is 16.9 Å². The summed E-state index contributed by atoms with van der Waals surface area (Å²) >= 11 is 0. The molecular weight excluding hydrogens is 294 g/mol. The summed E-state index contributed by atoms with van der Waals surface area (Å²) in [5.74, 6) is 1.68. The Balaban J connectivity index is 1.86. The van der Waals surface area contributed by atoms with Crippen molar-refractivity contribution in [1.82, 2.24) is 9.97 Å². The van der Waals surface area contributed by atoms with Gasteiger partial charge in [-0.2, -0.15) is 0 Å². The van der Waals surface area contributed by atoms with Crippen molar-refractivity contribution in [3.8, 4) is 11.3 Å². The Kier molecular flexibility index (Phi) is 3.93. The van der Waals surface area contributed by atoms with E-state index in [0.29, 0.717) is 0 Å². The molecule has 3 nitrogen and oxygen atoms in total. The Morgan fingerprint density at radius 1 is 0.958 bits per heavy atom. The summed E-state index contributed by atoms with van der Waals surface area (Å²) in [6, 6.07) is 16.9. The lowest BCUT2D eigenvalue weighted by Crippen LogP contribution is -2.34. The fourth-order valence-electron chi connectivity index (χ4n) is 3.40. The van der Waals surface area contributed by atoms with E-state index in [0.717, 1.165) is 47.1 Å². The number of benzene rings is 2. The quantitative estimate of drug-likeness (QED) is 0.677. The van der Waals surface area contributed by atoms with Crippen LogP contribution in [0, 0.1) is 12.8 Å². The number of anilines is 1. The third kappa shape index (κ3) is 2.86. The van der Waals surface area contributed by atoms with Crippen molar-refractivity contribution in [3.05, 3.63) is 54.1 Å². The smallest absolute Gasteiger partial charge is 0.226 e. The van der Waals surface area contributed by atoms with E-state index in [9.17, 15) is 0 Å². The van der Waals surface area contributed by atoms with Crippen LogP contribution in [0.25, 0.3) is 22.2 Å². The molecule has 24 heavy (non-hydrogen) atoms. The summed E-state index contributed by atoms with van der Waals surface area (Å²) in [4.78, 5) is 12.2. The standard InChI is InChI=1S/C21H23N3/c1-15-10-12-24(13-11-15)21-22-19-9-8-16(2)14-18(19)20(23-21)17-6-4-3-5-7-17/h3-9,14-15H,10-13H2,1-2H3. The zero-order valence-corrected chi connectivity index (χ0v) is 14.4. The first-order valence-electron chi connectivity index (χ1n) is 8.79. The fraction of sp³-hybridized carbons (Fsp3) is 0.333. The molecule has 0 spiro atoms. The molecule has 0 bridgehead atoms. The maximum absolute atomic E-state index is 4.98. The minimum atomic E-state index is 0.804. The first-order chi connectivity index (χ1) is 11.7. The summed E-state index contributed by atoms with van der Waals surface area (Å²) < 4.78 is 0. The normalized spacial score (nSPS) is 15.8. The highest BCUT2D eigenvalue weighted by Crippen LogP contribution is 2.30.